The normalized spacial score (nSPS) is 10.6. The van der Waals surface area contributed by atoms with Crippen LogP contribution in [0.15, 0.2) is 22.8 Å². The molecule has 6 nitrogen and oxygen atoms in total. The molecule has 0 spiro atoms. The molecule has 0 aromatic carbocycles. The molecule has 0 atom stereocenters. The van der Waals surface area contributed by atoms with E-state index in [4.69, 9.17) is 9.15 Å². The van der Waals surface area contributed by atoms with E-state index < -0.39 is 5.97 Å². The van der Waals surface area contributed by atoms with Crippen LogP contribution in [0.3, 0.4) is 0 Å². The average molecular weight is 350 g/mol. The zero-order valence-corrected chi connectivity index (χ0v) is 15.0. The van der Waals surface area contributed by atoms with E-state index in [1.807, 2.05) is 0 Å². The van der Waals surface area contributed by atoms with Crippen molar-refractivity contribution in [2.24, 2.45) is 0 Å². The fourth-order valence-corrected chi connectivity index (χ4v) is 3.21. The molecule has 7 heteroatoms. The van der Waals surface area contributed by atoms with Gasteiger partial charge >= 0.3 is 5.97 Å². The zero-order chi connectivity index (χ0) is 17.5. The fourth-order valence-electron chi connectivity index (χ4n) is 2.22. The molecule has 0 radical (unpaired) electrons. The van der Waals surface area contributed by atoms with Gasteiger partial charge in [-0.3, -0.25) is 9.69 Å². The summed E-state index contributed by atoms with van der Waals surface area (Å²) in [4.78, 5) is 31.1. The largest absolute Gasteiger partial charge is 0.462 e. The molecule has 0 aliphatic carbocycles. The van der Waals surface area contributed by atoms with Crippen molar-refractivity contribution >= 4 is 28.3 Å². The lowest BCUT2D eigenvalue weighted by Gasteiger charge is -2.18. The summed E-state index contributed by atoms with van der Waals surface area (Å²) in [6.45, 7) is 6.44. The minimum Gasteiger partial charge on any atom is -0.462 e. The van der Waals surface area contributed by atoms with Crippen molar-refractivity contribution in [2.45, 2.75) is 40.0 Å². The number of carbonyl (C=O) groups is 2. The Morgan fingerprint density at radius 3 is 2.75 bits per heavy atom. The molecule has 0 aliphatic rings. The number of esters is 1. The average Bonchev–Trinajstić information content (AvgIpc) is 3.21. The first-order valence-corrected chi connectivity index (χ1v) is 8.90. The number of thiazole rings is 1. The second kappa shape index (κ2) is 8.63. The lowest BCUT2D eigenvalue weighted by atomic mass is 10.2. The van der Waals surface area contributed by atoms with Gasteiger partial charge in [0.15, 0.2) is 10.9 Å². The Morgan fingerprint density at radius 1 is 1.33 bits per heavy atom. The number of hydrogen-bond acceptors (Lipinski definition) is 6. The number of aromatic nitrogens is 1. The standard InChI is InChI=1S/C17H22N2O4S/c1-4-6-7-10-19(15(20)13-9-8-11-23-13)17-18-12(3)14(24-17)16(21)22-5-2/h8-9,11H,4-7,10H2,1-3H3. The molecule has 0 unspecified atom stereocenters. The molecule has 0 aliphatic heterocycles. The Balaban J connectivity index is 2.28. The summed E-state index contributed by atoms with van der Waals surface area (Å²) >= 11 is 1.18. The van der Waals surface area contributed by atoms with Gasteiger partial charge in [-0.05, 0) is 32.4 Å². The molecular weight excluding hydrogens is 328 g/mol. The molecule has 2 aromatic rings. The predicted octanol–water partition coefficient (Wildman–Crippen LogP) is 4.06. The highest BCUT2D eigenvalue weighted by molar-refractivity contribution is 7.17. The van der Waals surface area contributed by atoms with E-state index in [1.54, 1.807) is 30.9 Å². The van der Waals surface area contributed by atoms with Crippen molar-refractivity contribution in [2.75, 3.05) is 18.1 Å². The third kappa shape index (κ3) is 4.23. The topological polar surface area (TPSA) is 72.6 Å². The van der Waals surface area contributed by atoms with E-state index in [9.17, 15) is 9.59 Å². The van der Waals surface area contributed by atoms with Crippen LogP contribution in [0.2, 0.25) is 0 Å². The number of rotatable bonds is 8. The lowest BCUT2D eigenvalue weighted by molar-refractivity contribution is 0.0531. The van der Waals surface area contributed by atoms with Crippen LogP contribution < -0.4 is 4.90 Å². The van der Waals surface area contributed by atoms with Crippen molar-refractivity contribution in [3.8, 4) is 0 Å². The molecule has 0 N–H and O–H groups in total. The number of amides is 1. The summed E-state index contributed by atoms with van der Waals surface area (Å²) in [6.07, 6.45) is 4.38. The third-order valence-corrected chi connectivity index (χ3v) is 4.60. The van der Waals surface area contributed by atoms with Crippen LogP contribution in [0.25, 0.3) is 0 Å². The Hall–Kier alpha value is -2.15. The maximum atomic E-state index is 12.7. The van der Waals surface area contributed by atoms with Gasteiger partial charge in [-0.1, -0.05) is 31.1 Å². The maximum absolute atomic E-state index is 12.7. The van der Waals surface area contributed by atoms with E-state index in [2.05, 4.69) is 11.9 Å². The zero-order valence-electron chi connectivity index (χ0n) is 14.2. The summed E-state index contributed by atoms with van der Waals surface area (Å²) in [6, 6.07) is 3.30. The van der Waals surface area contributed by atoms with Crippen molar-refractivity contribution in [3.63, 3.8) is 0 Å². The number of hydrogen-bond donors (Lipinski definition) is 0. The Bertz CT molecular complexity index is 679. The Morgan fingerprint density at radius 2 is 2.12 bits per heavy atom. The molecule has 130 valence electrons. The fraction of sp³-hybridized carbons (Fsp3) is 0.471. The smallest absolute Gasteiger partial charge is 0.350 e. The van der Waals surface area contributed by atoms with Crippen LogP contribution in [0, 0.1) is 6.92 Å². The van der Waals surface area contributed by atoms with Crippen molar-refractivity contribution in [3.05, 3.63) is 34.7 Å². The third-order valence-electron chi connectivity index (χ3n) is 3.44. The Kier molecular flexibility index (Phi) is 6.54. The predicted molar refractivity (Wildman–Crippen MR) is 92.7 cm³/mol. The first-order chi connectivity index (χ1) is 11.6. The van der Waals surface area contributed by atoms with Gasteiger partial charge in [0.1, 0.15) is 4.88 Å². The highest BCUT2D eigenvalue weighted by Crippen LogP contribution is 2.28. The SMILES string of the molecule is CCCCCN(C(=O)c1ccco1)c1nc(C)c(C(=O)OCC)s1. The van der Waals surface area contributed by atoms with E-state index in [0.29, 0.717) is 28.9 Å². The van der Waals surface area contributed by atoms with Gasteiger partial charge in [-0.25, -0.2) is 9.78 Å². The van der Waals surface area contributed by atoms with Crippen LogP contribution in [-0.2, 0) is 4.74 Å². The van der Waals surface area contributed by atoms with E-state index in [0.717, 1.165) is 19.3 Å². The van der Waals surface area contributed by atoms with Gasteiger partial charge < -0.3 is 9.15 Å². The number of anilines is 1. The van der Waals surface area contributed by atoms with Crippen LogP contribution in [0.5, 0.6) is 0 Å². The van der Waals surface area contributed by atoms with Gasteiger partial charge in [0, 0.05) is 6.54 Å². The van der Waals surface area contributed by atoms with Crippen LogP contribution >= 0.6 is 11.3 Å². The highest BCUT2D eigenvalue weighted by atomic mass is 32.1. The molecule has 0 saturated heterocycles. The number of unbranched alkanes of at least 4 members (excludes halogenated alkanes) is 2. The van der Waals surface area contributed by atoms with Crippen molar-refractivity contribution in [1.29, 1.82) is 0 Å². The van der Waals surface area contributed by atoms with Crippen LogP contribution in [0.1, 0.15) is 59.0 Å². The highest BCUT2D eigenvalue weighted by Gasteiger charge is 2.25. The van der Waals surface area contributed by atoms with Crippen molar-refractivity contribution in [1.82, 2.24) is 4.98 Å². The van der Waals surface area contributed by atoms with Crippen molar-refractivity contribution < 1.29 is 18.7 Å². The number of carbonyl (C=O) groups excluding carboxylic acids is 2. The van der Waals surface area contributed by atoms with Gasteiger partial charge in [-0.15, -0.1) is 0 Å². The minimum atomic E-state index is -0.405. The van der Waals surface area contributed by atoms with Gasteiger partial charge in [0.2, 0.25) is 0 Å². The summed E-state index contributed by atoms with van der Waals surface area (Å²) < 4.78 is 10.3. The second-order valence-corrected chi connectivity index (χ2v) is 6.25. The number of aryl methyl sites for hydroxylation is 1. The monoisotopic (exact) mass is 350 g/mol. The summed E-state index contributed by atoms with van der Waals surface area (Å²) in [5, 5.41) is 0.494. The van der Waals surface area contributed by atoms with E-state index in [-0.39, 0.29) is 11.7 Å². The van der Waals surface area contributed by atoms with Gasteiger partial charge in [-0.2, -0.15) is 0 Å². The molecule has 24 heavy (non-hydrogen) atoms. The number of ether oxygens (including phenoxy) is 1. The minimum absolute atomic E-state index is 0.250. The van der Waals surface area contributed by atoms with Crippen LogP contribution in [0.4, 0.5) is 5.13 Å². The van der Waals surface area contributed by atoms with E-state index >= 15 is 0 Å². The molecule has 0 saturated carbocycles. The first kappa shape index (κ1) is 18.2. The van der Waals surface area contributed by atoms with Gasteiger partial charge in [0.05, 0.1) is 18.6 Å². The van der Waals surface area contributed by atoms with Gasteiger partial charge in [0.25, 0.3) is 5.91 Å². The number of furan rings is 1. The first-order valence-electron chi connectivity index (χ1n) is 8.08. The van der Waals surface area contributed by atoms with Crippen LogP contribution in [-0.4, -0.2) is 30.0 Å². The summed E-state index contributed by atoms with van der Waals surface area (Å²) in [5.74, 6) is -0.394. The number of nitrogens with zero attached hydrogens (tertiary/aromatic N) is 2. The Labute approximate surface area is 145 Å². The molecule has 1 amide bonds. The summed E-state index contributed by atoms with van der Waals surface area (Å²) in [5.41, 5.74) is 0.571. The van der Waals surface area contributed by atoms with E-state index in [1.165, 1.54) is 17.6 Å². The molecule has 2 rings (SSSR count). The molecule has 0 fully saturated rings. The lowest BCUT2D eigenvalue weighted by Crippen LogP contribution is -2.31. The molecule has 0 bridgehead atoms. The summed E-state index contributed by atoms with van der Waals surface area (Å²) in [7, 11) is 0. The maximum Gasteiger partial charge on any atom is 0.350 e. The quantitative estimate of drug-likeness (QED) is 0.530. The molecule has 2 heterocycles. The molecular formula is C17H22N2O4S. The molecule has 2 aromatic heterocycles. The second-order valence-electron chi connectivity index (χ2n) is 5.27.